The fraction of sp³-hybridized carbons (Fsp3) is 0.750. The van der Waals surface area contributed by atoms with Crippen LogP contribution in [0.5, 0.6) is 5.75 Å². The minimum Gasteiger partial charge on any atom is -0.487 e. The molecule has 0 spiro atoms. The van der Waals surface area contributed by atoms with E-state index in [1.165, 1.54) is 44.1 Å². The zero-order valence-electron chi connectivity index (χ0n) is 17.7. The van der Waals surface area contributed by atoms with Crippen LogP contribution in [-0.4, -0.2) is 5.60 Å². The van der Waals surface area contributed by atoms with Crippen molar-refractivity contribution in [1.82, 2.24) is 0 Å². The molecular weight excluding hydrogens is 304 g/mol. The molecule has 0 amide bonds. The number of benzene rings is 1. The Morgan fingerprint density at radius 2 is 1.48 bits per heavy atom. The molecule has 1 atom stereocenters. The molecule has 1 unspecified atom stereocenters. The molecule has 1 aromatic rings. The van der Waals surface area contributed by atoms with Crippen molar-refractivity contribution in [2.75, 3.05) is 0 Å². The van der Waals surface area contributed by atoms with Crippen molar-refractivity contribution in [3.05, 3.63) is 29.8 Å². The zero-order valence-corrected chi connectivity index (χ0v) is 17.7. The van der Waals surface area contributed by atoms with Crippen LogP contribution in [0.4, 0.5) is 0 Å². The Bertz CT molecular complexity index is 521. The minimum atomic E-state index is 0.0780. The lowest BCUT2D eigenvalue weighted by atomic mass is 9.69. The molecule has 142 valence electrons. The topological polar surface area (TPSA) is 9.23 Å². The summed E-state index contributed by atoms with van der Waals surface area (Å²) in [6, 6.07) is 9.04. The van der Waals surface area contributed by atoms with E-state index in [0.29, 0.717) is 11.3 Å². The molecule has 25 heavy (non-hydrogen) atoms. The lowest BCUT2D eigenvalue weighted by Crippen LogP contribution is -2.37. The van der Waals surface area contributed by atoms with Crippen molar-refractivity contribution in [3.8, 4) is 5.75 Å². The molecule has 1 aromatic carbocycles. The maximum Gasteiger partial charge on any atom is 0.120 e. The van der Waals surface area contributed by atoms with Crippen molar-refractivity contribution in [1.29, 1.82) is 0 Å². The average molecular weight is 345 g/mol. The molecule has 0 aliphatic heterocycles. The van der Waals surface area contributed by atoms with Gasteiger partial charge in [-0.15, -0.1) is 0 Å². The van der Waals surface area contributed by atoms with Gasteiger partial charge in [0.2, 0.25) is 0 Å². The first kappa shape index (κ1) is 20.3. The normalized spacial score (nSPS) is 19.5. The molecule has 0 bridgehead atoms. The standard InChI is InChI=1S/C24H40O/c1-8-24(16-10-9-11-17-24)25-20-14-12-19(13-15-20)21(23(5,6)7)18-22(2,3)4/h12-15,21H,8-11,16-18H2,1-7H3. The third-order valence-corrected chi connectivity index (χ3v) is 5.89. The van der Waals surface area contributed by atoms with Gasteiger partial charge in [0.25, 0.3) is 0 Å². The van der Waals surface area contributed by atoms with Crippen LogP contribution in [0.3, 0.4) is 0 Å². The first-order valence-corrected chi connectivity index (χ1v) is 10.3. The van der Waals surface area contributed by atoms with Crippen molar-refractivity contribution < 1.29 is 4.74 Å². The summed E-state index contributed by atoms with van der Waals surface area (Å²) in [5, 5.41) is 0. The van der Waals surface area contributed by atoms with Crippen LogP contribution in [0, 0.1) is 10.8 Å². The summed E-state index contributed by atoms with van der Waals surface area (Å²) in [5.74, 6) is 1.62. The Balaban J connectivity index is 2.16. The first-order valence-electron chi connectivity index (χ1n) is 10.3. The quantitative estimate of drug-likeness (QED) is 0.530. The smallest absolute Gasteiger partial charge is 0.120 e. The van der Waals surface area contributed by atoms with Crippen LogP contribution in [0.2, 0.25) is 0 Å². The summed E-state index contributed by atoms with van der Waals surface area (Å²) in [7, 11) is 0. The van der Waals surface area contributed by atoms with Crippen molar-refractivity contribution in [2.24, 2.45) is 10.8 Å². The van der Waals surface area contributed by atoms with Gasteiger partial charge in [0.1, 0.15) is 11.4 Å². The Morgan fingerprint density at radius 3 is 1.92 bits per heavy atom. The number of hydrogen-bond acceptors (Lipinski definition) is 1. The van der Waals surface area contributed by atoms with E-state index < -0.39 is 0 Å². The monoisotopic (exact) mass is 344 g/mol. The van der Waals surface area contributed by atoms with Gasteiger partial charge in [0.05, 0.1) is 0 Å². The van der Waals surface area contributed by atoms with Gasteiger partial charge in [-0.3, -0.25) is 0 Å². The molecule has 1 nitrogen and oxygen atoms in total. The molecule has 1 heteroatoms. The second-order valence-corrected chi connectivity index (χ2v) is 10.5. The number of ether oxygens (including phenoxy) is 1. The van der Waals surface area contributed by atoms with Gasteiger partial charge in [0, 0.05) is 0 Å². The molecule has 0 heterocycles. The van der Waals surface area contributed by atoms with Crippen molar-refractivity contribution in [3.63, 3.8) is 0 Å². The van der Waals surface area contributed by atoms with Gasteiger partial charge in [0.15, 0.2) is 0 Å². The summed E-state index contributed by atoms with van der Waals surface area (Å²) in [6.07, 6.45) is 8.72. The fourth-order valence-corrected chi connectivity index (χ4v) is 4.28. The molecule has 2 rings (SSSR count). The molecule has 1 saturated carbocycles. The SMILES string of the molecule is CCC1(Oc2ccc(C(CC(C)(C)C)C(C)(C)C)cc2)CCCCC1. The summed E-state index contributed by atoms with van der Waals surface area (Å²) >= 11 is 0. The van der Waals surface area contributed by atoms with Gasteiger partial charge in [-0.05, 0) is 73.0 Å². The lowest BCUT2D eigenvalue weighted by molar-refractivity contribution is 0.0265. The largest absolute Gasteiger partial charge is 0.487 e. The number of hydrogen-bond donors (Lipinski definition) is 0. The average Bonchev–Trinajstić information content (AvgIpc) is 2.53. The highest BCUT2D eigenvalue weighted by Crippen LogP contribution is 2.43. The van der Waals surface area contributed by atoms with Gasteiger partial charge in [-0.1, -0.05) is 67.0 Å². The lowest BCUT2D eigenvalue weighted by Gasteiger charge is -2.38. The predicted molar refractivity (Wildman–Crippen MR) is 109 cm³/mol. The molecule has 0 aromatic heterocycles. The van der Waals surface area contributed by atoms with Crippen LogP contribution in [0.1, 0.15) is 105 Å². The molecule has 1 aliphatic carbocycles. The van der Waals surface area contributed by atoms with Crippen LogP contribution < -0.4 is 4.74 Å². The highest BCUT2D eigenvalue weighted by atomic mass is 16.5. The van der Waals surface area contributed by atoms with E-state index in [9.17, 15) is 0 Å². The van der Waals surface area contributed by atoms with E-state index in [-0.39, 0.29) is 11.0 Å². The Kier molecular flexibility index (Phi) is 6.28. The van der Waals surface area contributed by atoms with E-state index in [1.807, 2.05) is 0 Å². The third kappa shape index (κ3) is 5.76. The molecule has 1 aliphatic rings. The van der Waals surface area contributed by atoms with Gasteiger partial charge in [-0.25, -0.2) is 0 Å². The van der Waals surface area contributed by atoms with Gasteiger partial charge in [-0.2, -0.15) is 0 Å². The predicted octanol–water partition coefficient (Wildman–Crippen LogP) is 7.74. The Hall–Kier alpha value is -0.980. The second kappa shape index (κ2) is 7.72. The van der Waals surface area contributed by atoms with Crippen LogP contribution >= 0.6 is 0 Å². The Labute approximate surface area is 156 Å². The second-order valence-electron chi connectivity index (χ2n) is 10.5. The molecule has 0 N–H and O–H groups in total. The van der Waals surface area contributed by atoms with E-state index >= 15 is 0 Å². The highest BCUT2D eigenvalue weighted by Gasteiger charge is 2.33. The zero-order chi connectivity index (χ0) is 18.7. The van der Waals surface area contributed by atoms with E-state index in [0.717, 1.165) is 12.2 Å². The fourth-order valence-electron chi connectivity index (χ4n) is 4.28. The summed E-state index contributed by atoms with van der Waals surface area (Å²) < 4.78 is 6.51. The summed E-state index contributed by atoms with van der Waals surface area (Å²) in [6.45, 7) is 16.4. The first-order chi connectivity index (χ1) is 11.5. The minimum absolute atomic E-state index is 0.0780. The van der Waals surface area contributed by atoms with Gasteiger partial charge >= 0.3 is 0 Å². The molecule has 0 radical (unpaired) electrons. The Morgan fingerprint density at radius 1 is 0.920 bits per heavy atom. The van der Waals surface area contributed by atoms with Gasteiger partial charge < -0.3 is 4.74 Å². The summed E-state index contributed by atoms with van der Waals surface area (Å²) in [4.78, 5) is 0. The molecule has 0 saturated heterocycles. The van der Waals surface area contributed by atoms with Crippen LogP contribution in [0.25, 0.3) is 0 Å². The molecule has 1 fully saturated rings. The van der Waals surface area contributed by atoms with E-state index in [1.54, 1.807) is 0 Å². The third-order valence-electron chi connectivity index (χ3n) is 5.89. The maximum absolute atomic E-state index is 6.51. The van der Waals surface area contributed by atoms with Crippen LogP contribution in [0.15, 0.2) is 24.3 Å². The highest BCUT2D eigenvalue weighted by molar-refractivity contribution is 5.31. The maximum atomic E-state index is 6.51. The van der Waals surface area contributed by atoms with Crippen molar-refractivity contribution in [2.45, 2.75) is 105 Å². The van der Waals surface area contributed by atoms with E-state index in [2.05, 4.69) is 72.7 Å². The van der Waals surface area contributed by atoms with Crippen LogP contribution in [-0.2, 0) is 0 Å². The molecular formula is C24H40O. The summed E-state index contributed by atoms with van der Waals surface area (Å²) in [5.41, 5.74) is 2.13. The van der Waals surface area contributed by atoms with Crippen molar-refractivity contribution >= 4 is 0 Å². The number of rotatable bonds is 5. The van der Waals surface area contributed by atoms with E-state index in [4.69, 9.17) is 4.74 Å².